The van der Waals surface area contributed by atoms with Crippen molar-refractivity contribution in [2.45, 2.75) is 58.3 Å². The molecule has 4 rings (SSSR count). The van der Waals surface area contributed by atoms with Crippen LogP contribution in [0.25, 0.3) is 10.8 Å². The Labute approximate surface area is 207 Å². The molecule has 1 fully saturated rings. The number of nitrogens with one attached hydrogen (secondary N) is 1. The van der Waals surface area contributed by atoms with Crippen molar-refractivity contribution in [3.8, 4) is 0 Å². The number of halogens is 1. The maximum absolute atomic E-state index is 14.0. The summed E-state index contributed by atoms with van der Waals surface area (Å²) >= 11 is 0. The van der Waals surface area contributed by atoms with Crippen molar-refractivity contribution in [2.24, 2.45) is 17.0 Å². The topological polar surface area (TPSA) is 89.3 Å². The van der Waals surface area contributed by atoms with Crippen molar-refractivity contribution in [3.63, 3.8) is 0 Å². The minimum Gasteiger partial charge on any atom is -0.299 e. The van der Waals surface area contributed by atoms with Crippen LogP contribution in [0.5, 0.6) is 0 Å². The van der Waals surface area contributed by atoms with Crippen LogP contribution in [0.3, 0.4) is 0 Å². The van der Waals surface area contributed by atoms with E-state index in [9.17, 15) is 17.6 Å². The molecule has 186 valence electrons. The molecule has 7 heteroatoms. The van der Waals surface area contributed by atoms with Crippen molar-refractivity contribution >= 4 is 32.5 Å². The molecule has 0 aromatic heterocycles. The van der Waals surface area contributed by atoms with E-state index in [1.54, 1.807) is 18.2 Å². The van der Waals surface area contributed by atoms with Crippen LogP contribution in [-0.4, -0.2) is 14.2 Å². The first-order valence-corrected chi connectivity index (χ1v) is 13.8. The van der Waals surface area contributed by atoms with Gasteiger partial charge in [0.25, 0.3) is 10.2 Å². The summed E-state index contributed by atoms with van der Waals surface area (Å²) in [5.74, 6) is 0.832. The van der Waals surface area contributed by atoms with Crippen LogP contribution >= 0.6 is 0 Å². The van der Waals surface area contributed by atoms with Gasteiger partial charge in [-0.1, -0.05) is 37.3 Å². The fraction of sp³-hybridized carbons (Fsp3) is 0.393. The van der Waals surface area contributed by atoms with E-state index in [1.807, 2.05) is 25.1 Å². The van der Waals surface area contributed by atoms with E-state index in [0.29, 0.717) is 30.4 Å². The predicted octanol–water partition coefficient (Wildman–Crippen LogP) is 6.01. The summed E-state index contributed by atoms with van der Waals surface area (Å²) in [6, 6.07) is 16.3. The predicted molar refractivity (Wildman–Crippen MR) is 139 cm³/mol. The number of ketones is 1. The Kier molecular flexibility index (Phi) is 7.57. The molecule has 0 aliphatic heterocycles. The van der Waals surface area contributed by atoms with Crippen molar-refractivity contribution in [1.82, 2.24) is 0 Å². The summed E-state index contributed by atoms with van der Waals surface area (Å²) < 4.78 is 38.4. The number of fused-ring (bicyclic) bond motifs is 1. The standard InChI is InChI=1S/C28H33FN2O3S/c1-18-3-14-26(27-17-23(29)11-15-25(18)27)22-9-7-21(8-10-22)19(2)28(32)16-6-20-4-12-24(13-5-20)31-35(30,33)34/h3-5,11-15,17,19,21-22,31H,6-10,16H2,1-2H3,(H2,30,33,34)/t19-,21-,22+/m0/s1. The highest BCUT2D eigenvalue weighted by Gasteiger charge is 2.30. The number of hydrogen-bond donors (Lipinski definition) is 2. The minimum atomic E-state index is -3.80. The Hall–Kier alpha value is -2.77. The van der Waals surface area contributed by atoms with Gasteiger partial charge in [-0.05, 0) is 103 Å². The number of anilines is 1. The molecule has 0 saturated heterocycles. The first-order chi connectivity index (χ1) is 16.6. The van der Waals surface area contributed by atoms with Crippen LogP contribution in [0.15, 0.2) is 54.6 Å². The number of carbonyl (C=O) groups excluding carboxylic acids is 1. The van der Waals surface area contributed by atoms with Gasteiger partial charge in [-0.2, -0.15) is 8.42 Å². The average Bonchev–Trinajstić information content (AvgIpc) is 2.82. The van der Waals surface area contributed by atoms with E-state index in [0.717, 1.165) is 47.6 Å². The van der Waals surface area contributed by atoms with Crippen molar-refractivity contribution in [2.75, 3.05) is 4.72 Å². The summed E-state index contributed by atoms with van der Waals surface area (Å²) in [7, 11) is -3.80. The quantitative estimate of drug-likeness (QED) is 0.400. The zero-order valence-corrected chi connectivity index (χ0v) is 21.1. The molecule has 1 saturated carbocycles. The zero-order chi connectivity index (χ0) is 25.2. The van der Waals surface area contributed by atoms with Gasteiger partial charge in [0, 0.05) is 18.0 Å². The van der Waals surface area contributed by atoms with Gasteiger partial charge < -0.3 is 0 Å². The van der Waals surface area contributed by atoms with E-state index < -0.39 is 10.2 Å². The van der Waals surface area contributed by atoms with Gasteiger partial charge in [0.05, 0.1) is 0 Å². The number of carbonyl (C=O) groups is 1. The number of rotatable bonds is 8. The third kappa shape index (κ3) is 6.27. The molecule has 1 aliphatic rings. The molecule has 3 N–H and O–H groups in total. The maximum Gasteiger partial charge on any atom is 0.296 e. The van der Waals surface area contributed by atoms with E-state index in [1.165, 1.54) is 11.6 Å². The van der Waals surface area contributed by atoms with Gasteiger partial charge in [-0.25, -0.2) is 9.53 Å². The molecule has 0 bridgehead atoms. The highest BCUT2D eigenvalue weighted by Crippen LogP contribution is 2.42. The Morgan fingerprint density at radius 3 is 2.37 bits per heavy atom. The summed E-state index contributed by atoms with van der Waals surface area (Å²) in [4.78, 5) is 12.9. The summed E-state index contributed by atoms with van der Waals surface area (Å²) in [5.41, 5.74) is 3.76. The third-order valence-corrected chi connectivity index (χ3v) is 8.05. The lowest BCUT2D eigenvalue weighted by atomic mass is 9.72. The summed E-state index contributed by atoms with van der Waals surface area (Å²) in [5, 5.41) is 7.12. The molecule has 1 aliphatic carbocycles. The zero-order valence-electron chi connectivity index (χ0n) is 20.3. The molecule has 35 heavy (non-hydrogen) atoms. The Morgan fingerprint density at radius 2 is 1.71 bits per heavy atom. The van der Waals surface area contributed by atoms with Gasteiger partial charge in [0.1, 0.15) is 11.6 Å². The van der Waals surface area contributed by atoms with Gasteiger partial charge in [-0.15, -0.1) is 0 Å². The molecule has 0 amide bonds. The second kappa shape index (κ2) is 10.5. The van der Waals surface area contributed by atoms with Crippen LogP contribution in [0, 0.1) is 24.6 Å². The van der Waals surface area contributed by atoms with Gasteiger partial charge in [-0.3, -0.25) is 9.52 Å². The van der Waals surface area contributed by atoms with Crippen LogP contribution in [0.2, 0.25) is 0 Å². The van der Waals surface area contributed by atoms with Crippen molar-refractivity contribution in [3.05, 3.63) is 77.1 Å². The average molecular weight is 497 g/mol. The molecule has 1 atom stereocenters. The van der Waals surface area contributed by atoms with Crippen LogP contribution in [0.4, 0.5) is 10.1 Å². The highest BCUT2D eigenvalue weighted by molar-refractivity contribution is 7.90. The summed E-state index contributed by atoms with van der Waals surface area (Å²) in [6.07, 6.45) is 5.09. The number of aryl methyl sites for hydroxylation is 2. The second-order valence-electron chi connectivity index (χ2n) is 9.87. The van der Waals surface area contributed by atoms with Crippen LogP contribution < -0.4 is 9.86 Å². The molecular formula is C28H33FN2O3S. The molecule has 0 unspecified atom stereocenters. The van der Waals surface area contributed by atoms with Crippen molar-refractivity contribution in [1.29, 1.82) is 0 Å². The van der Waals surface area contributed by atoms with Crippen LogP contribution in [0.1, 0.15) is 61.6 Å². The normalized spacial score (nSPS) is 19.4. The van der Waals surface area contributed by atoms with E-state index in [2.05, 4.69) is 23.8 Å². The smallest absolute Gasteiger partial charge is 0.296 e. The first kappa shape index (κ1) is 25.3. The van der Waals surface area contributed by atoms with Gasteiger partial charge in [0.2, 0.25) is 0 Å². The molecular weight excluding hydrogens is 463 g/mol. The molecule has 0 spiro atoms. The van der Waals surface area contributed by atoms with E-state index >= 15 is 0 Å². The molecule has 0 radical (unpaired) electrons. The SMILES string of the molecule is Cc1ccc([C@H]2CC[C@@H]([C@H](C)C(=O)CCc3ccc(NS(N)(=O)=O)cc3)CC2)c2cc(F)ccc12. The lowest BCUT2D eigenvalue weighted by Gasteiger charge is -2.32. The molecule has 5 nitrogen and oxygen atoms in total. The highest BCUT2D eigenvalue weighted by atomic mass is 32.2. The molecule has 3 aromatic carbocycles. The van der Waals surface area contributed by atoms with Gasteiger partial charge in [0.15, 0.2) is 0 Å². The second-order valence-corrected chi connectivity index (χ2v) is 11.2. The number of benzene rings is 3. The van der Waals surface area contributed by atoms with Crippen LogP contribution in [-0.2, 0) is 21.4 Å². The fourth-order valence-corrected chi connectivity index (χ4v) is 5.91. The Morgan fingerprint density at radius 1 is 1.03 bits per heavy atom. The minimum absolute atomic E-state index is 0.00600. The Balaban J connectivity index is 1.32. The van der Waals surface area contributed by atoms with E-state index in [-0.39, 0.29) is 17.5 Å². The largest absolute Gasteiger partial charge is 0.299 e. The lowest BCUT2D eigenvalue weighted by molar-refractivity contribution is -0.124. The van der Waals surface area contributed by atoms with E-state index in [4.69, 9.17) is 5.14 Å². The Bertz CT molecular complexity index is 1310. The number of hydrogen-bond acceptors (Lipinski definition) is 3. The number of Topliss-reactive ketones (excluding diaryl/α,β-unsaturated/α-hetero) is 1. The van der Waals surface area contributed by atoms with Gasteiger partial charge >= 0.3 is 0 Å². The molecule has 0 heterocycles. The monoisotopic (exact) mass is 496 g/mol. The third-order valence-electron chi connectivity index (χ3n) is 7.53. The number of nitrogens with two attached hydrogens (primary N) is 1. The fourth-order valence-electron chi connectivity index (χ4n) is 5.44. The first-order valence-electron chi connectivity index (χ1n) is 12.2. The molecule has 3 aromatic rings. The summed E-state index contributed by atoms with van der Waals surface area (Å²) in [6.45, 7) is 4.10. The maximum atomic E-state index is 14.0. The lowest BCUT2D eigenvalue weighted by Crippen LogP contribution is -2.25. The van der Waals surface area contributed by atoms with Crippen molar-refractivity contribution < 1.29 is 17.6 Å².